The zero-order valence-electron chi connectivity index (χ0n) is 36.1. The van der Waals surface area contributed by atoms with Crippen molar-refractivity contribution in [2.24, 2.45) is 0 Å². The van der Waals surface area contributed by atoms with Crippen molar-refractivity contribution in [1.82, 2.24) is 0 Å². The van der Waals surface area contributed by atoms with Crippen LogP contribution in [0.25, 0.3) is 0 Å². The van der Waals surface area contributed by atoms with E-state index in [1.807, 2.05) is 19.1 Å². The molecule has 0 aromatic carbocycles. The monoisotopic (exact) mass is 823 g/mol. The maximum Gasteiger partial charge on any atom is 0.469 e. The number of aliphatic hydroxyl groups is 1. The number of esters is 2. The molecule has 0 heterocycles. The van der Waals surface area contributed by atoms with Crippen molar-refractivity contribution < 1.29 is 43.0 Å². The van der Waals surface area contributed by atoms with Crippen LogP contribution in [0, 0.1) is 0 Å². The number of hydrogen-bond acceptors (Lipinski definition) is 7. The Labute approximate surface area is 348 Å². The molecule has 0 saturated carbocycles. The minimum atomic E-state index is -4.78. The first-order chi connectivity index (χ1) is 27.7. The highest BCUT2D eigenvalue weighted by atomic mass is 31.2. The smallest absolute Gasteiger partial charge is 0.462 e. The quantitative estimate of drug-likeness (QED) is 0.0238. The minimum Gasteiger partial charge on any atom is -0.462 e. The fraction of sp³-hybridized carbons (Fsp3) is 0.745. The van der Waals surface area contributed by atoms with Crippen molar-refractivity contribution in [1.29, 1.82) is 0 Å². The Morgan fingerprint density at radius 2 is 0.947 bits per heavy atom. The molecule has 330 valence electrons. The predicted molar refractivity (Wildman–Crippen MR) is 236 cm³/mol. The van der Waals surface area contributed by atoms with Crippen molar-refractivity contribution >= 4 is 19.8 Å². The average Bonchev–Trinajstić information content (AvgIpc) is 3.18. The Balaban J connectivity index is 3.96. The van der Waals surface area contributed by atoms with Crippen LogP contribution in [0.3, 0.4) is 0 Å². The van der Waals surface area contributed by atoms with Gasteiger partial charge in [0.05, 0.1) is 12.7 Å². The highest BCUT2D eigenvalue weighted by Crippen LogP contribution is 2.36. The van der Waals surface area contributed by atoms with E-state index >= 15 is 0 Å². The molecule has 0 rings (SSSR count). The number of aliphatic hydroxyl groups excluding tert-OH is 1. The van der Waals surface area contributed by atoms with E-state index in [0.717, 1.165) is 57.8 Å². The highest BCUT2D eigenvalue weighted by molar-refractivity contribution is 7.46. The third kappa shape index (κ3) is 44.7. The summed E-state index contributed by atoms with van der Waals surface area (Å²) in [7, 11) is -4.78. The molecule has 0 aromatic heterocycles. The highest BCUT2D eigenvalue weighted by Gasteiger charge is 2.22. The van der Waals surface area contributed by atoms with E-state index in [-0.39, 0.29) is 25.6 Å². The van der Waals surface area contributed by atoms with Gasteiger partial charge in [-0.3, -0.25) is 14.1 Å². The number of phosphoric ester groups is 1. The van der Waals surface area contributed by atoms with Gasteiger partial charge in [0.25, 0.3) is 0 Å². The number of unbranched alkanes of at least 4 members (excludes halogenated alkanes) is 18. The van der Waals surface area contributed by atoms with E-state index in [4.69, 9.17) is 19.3 Å². The van der Waals surface area contributed by atoms with Crippen molar-refractivity contribution in [3.8, 4) is 0 Å². The van der Waals surface area contributed by atoms with E-state index in [9.17, 15) is 19.3 Å². The van der Waals surface area contributed by atoms with Gasteiger partial charge >= 0.3 is 19.8 Å². The molecule has 2 atom stereocenters. The summed E-state index contributed by atoms with van der Waals surface area (Å²) in [5, 5.41) is 9.54. The molecule has 9 nitrogen and oxygen atoms in total. The molecule has 0 aliphatic carbocycles. The lowest BCUT2D eigenvalue weighted by molar-refractivity contribution is -0.161. The molecule has 57 heavy (non-hydrogen) atoms. The van der Waals surface area contributed by atoms with Crippen molar-refractivity contribution in [3.63, 3.8) is 0 Å². The number of carbonyl (C=O) groups is 2. The Hall–Kier alpha value is -2.29. The van der Waals surface area contributed by atoms with E-state index in [2.05, 4.69) is 60.1 Å². The maximum atomic E-state index is 12.4. The largest absolute Gasteiger partial charge is 0.469 e. The van der Waals surface area contributed by atoms with Gasteiger partial charge in [-0.2, -0.15) is 0 Å². The first kappa shape index (κ1) is 54.7. The fourth-order valence-corrected chi connectivity index (χ4v) is 6.47. The summed E-state index contributed by atoms with van der Waals surface area (Å²) in [6, 6.07) is 0. The van der Waals surface area contributed by atoms with E-state index < -0.39 is 32.5 Å². The summed E-state index contributed by atoms with van der Waals surface area (Å²) in [6.07, 6.45) is 50.4. The van der Waals surface area contributed by atoms with Crippen LogP contribution in [-0.2, 0) is 28.2 Å². The van der Waals surface area contributed by atoms with Crippen LogP contribution in [0.5, 0.6) is 0 Å². The minimum absolute atomic E-state index is 0.176. The summed E-state index contributed by atoms with van der Waals surface area (Å²) in [6.45, 7) is 3.37. The second-order valence-corrected chi connectivity index (χ2v) is 16.4. The molecule has 0 unspecified atom stereocenters. The Morgan fingerprint density at radius 3 is 1.46 bits per heavy atom. The molecule has 10 heteroatoms. The molecule has 0 aliphatic heterocycles. The topological polar surface area (TPSA) is 140 Å². The molecule has 0 amide bonds. The van der Waals surface area contributed by atoms with Crippen LogP contribution in [0.15, 0.2) is 60.8 Å². The molecule has 0 bridgehead atoms. The zero-order chi connectivity index (χ0) is 41.9. The average molecular weight is 823 g/mol. The van der Waals surface area contributed by atoms with Gasteiger partial charge in [-0.1, -0.05) is 164 Å². The molecular weight excluding hydrogens is 739 g/mol. The van der Waals surface area contributed by atoms with Crippen molar-refractivity contribution in [3.05, 3.63) is 60.8 Å². The normalized spacial score (nSPS) is 13.6. The number of allylic oxidation sites excluding steroid dienone is 10. The fourth-order valence-electron chi connectivity index (χ4n) is 6.11. The maximum absolute atomic E-state index is 12.4. The third-order valence-electron chi connectivity index (χ3n) is 9.67. The molecule has 3 N–H and O–H groups in total. The van der Waals surface area contributed by atoms with Gasteiger partial charge in [0.1, 0.15) is 6.61 Å². The summed E-state index contributed by atoms with van der Waals surface area (Å²) in [4.78, 5) is 42.9. The molecule has 0 saturated heterocycles. The Morgan fingerprint density at radius 1 is 0.526 bits per heavy atom. The van der Waals surface area contributed by atoms with Gasteiger partial charge in [0.2, 0.25) is 0 Å². The second kappa shape index (κ2) is 41.9. The van der Waals surface area contributed by atoms with Crippen LogP contribution in [0.1, 0.15) is 200 Å². The molecule has 0 aliphatic rings. The summed E-state index contributed by atoms with van der Waals surface area (Å²) < 4.78 is 26.4. The summed E-state index contributed by atoms with van der Waals surface area (Å²) in [5.74, 6) is -0.969. The summed E-state index contributed by atoms with van der Waals surface area (Å²) in [5.41, 5.74) is 0. The number of ether oxygens (including phenoxy) is 2. The Kier molecular flexibility index (Phi) is 40.2. The molecule has 0 spiro atoms. The van der Waals surface area contributed by atoms with Crippen LogP contribution in [0.2, 0.25) is 0 Å². The number of hydrogen-bond donors (Lipinski definition) is 3. The second-order valence-electron chi connectivity index (χ2n) is 15.2. The number of carbonyl (C=O) groups excluding carboxylic acids is 2. The standard InChI is InChI=1S/C47H83O9P/c1-3-5-6-7-8-9-10-11-12-13-14-15-16-17-18-23-26-29-32-35-38-41-47(50)56-45(43-55-57(51,52)53)42-54-46(49)40-37-34-31-28-25-22-20-19-21-24-27-30-33-36-39-44(48)4-2/h11-12,20-22,24,28,30-31,33,44-45,48H,3-10,13-19,23,25-27,29,32,34-43H2,1-2H3,(H2,51,52,53)/b12-11-,22-20-,24-21-,31-28-,33-30-/t44-,45+/m0/s1. The first-order valence-corrected chi connectivity index (χ1v) is 24.2. The predicted octanol–water partition coefficient (Wildman–Crippen LogP) is 13.0. The van der Waals surface area contributed by atoms with E-state index in [0.29, 0.717) is 19.3 Å². The van der Waals surface area contributed by atoms with Gasteiger partial charge in [-0.05, 0) is 83.5 Å². The number of rotatable bonds is 41. The third-order valence-corrected chi connectivity index (χ3v) is 10.2. The van der Waals surface area contributed by atoms with Crippen LogP contribution < -0.4 is 0 Å². The lowest BCUT2D eigenvalue weighted by Gasteiger charge is -2.18. The molecule has 0 aromatic rings. The Bertz CT molecular complexity index is 1120. The van der Waals surface area contributed by atoms with Crippen LogP contribution >= 0.6 is 7.82 Å². The first-order valence-electron chi connectivity index (χ1n) is 22.7. The zero-order valence-corrected chi connectivity index (χ0v) is 37.0. The molecule has 0 fully saturated rings. The van der Waals surface area contributed by atoms with Gasteiger partial charge in [-0.25, -0.2) is 4.57 Å². The van der Waals surface area contributed by atoms with Gasteiger partial charge in [0.15, 0.2) is 6.10 Å². The molecule has 0 radical (unpaired) electrons. The lowest BCUT2D eigenvalue weighted by atomic mass is 10.0. The lowest BCUT2D eigenvalue weighted by Crippen LogP contribution is -2.29. The van der Waals surface area contributed by atoms with Crippen LogP contribution in [-0.4, -0.2) is 52.3 Å². The van der Waals surface area contributed by atoms with Crippen molar-refractivity contribution in [2.45, 2.75) is 212 Å². The van der Waals surface area contributed by atoms with Gasteiger partial charge in [-0.15, -0.1) is 0 Å². The number of phosphoric acid groups is 1. The SMILES string of the molecule is CCCCCCCC/C=C\CCCCCCCCCCCCCC(=O)O[C@H](COC(=O)CCC/C=C\C/C=C\C/C=C\C/C=C\CC[C@@H](O)CC)COP(=O)(O)O. The van der Waals surface area contributed by atoms with Crippen molar-refractivity contribution in [2.75, 3.05) is 13.2 Å². The van der Waals surface area contributed by atoms with Gasteiger partial charge < -0.3 is 24.4 Å². The van der Waals surface area contributed by atoms with E-state index in [1.165, 1.54) is 96.3 Å². The molecular formula is C47H83O9P. The van der Waals surface area contributed by atoms with Crippen LogP contribution in [0.4, 0.5) is 0 Å². The van der Waals surface area contributed by atoms with Gasteiger partial charge in [0, 0.05) is 12.8 Å². The summed E-state index contributed by atoms with van der Waals surface area (Å²) >= 11 is 0. The van der Waals surface area contributed by atoms with E-state index in [1.54, 1.807) is 0 Å².